The van der Waals surface area contributed by atoms with E-state index in [1.165, 1.54) is 31.1 Å². The Labute approximate surface area is 172 Å². The molecule has 0 radical (unpaired) electrons. The van der Waals surface area contributed by atoms with E-state index in [0.29, 0.717) is 17.7 Å². The summed E-state index contributed by atoms with van der Waals surface area (Å²) in [4.78, 5) is 12.8. The van der Waals surface area contributed by atoms with E-state index in [9.17, 15) is 13.2 Å². The van der Waals surface area contributed by atoms with Gasteiger partial charge in [0.25, 0.3) is 5.91 Å². The van der Waals surface area contributed by atoms with Gasteiger partial charge in [-0.15, -0.1) is 0 Å². The van der Waals surface area contributed by atoms with Crippen molar-refractivity contribution in [2.75, 3.05) is 20.6 Å². The second kappa shape index (κ2) is 8.39. The van der Waals surface area contributed by atoms with E-state index in [-0.39, 0.29) is 10.8 Å². The third kappa shape index (κ3) is 4.36. The third-order valence-corrected chi connectivity index (χ3v) is 7.12. The molecule has 0 bridgehead atoms. The molecule has 1 aromatic heterocycles. The van der Waals surface area contributed by atoms with Crippen LogP contribution in [0.2, 0.25) is 0 Å². The van der Waals surface area contributed by atoms with Crippen molar-refractivity contribution in [2.24, 2.45) is 0 Å². The smallest absolute Gasteiger partial charge is 0.251 e. The number of benzene rings is 2. The number of hydrogen-bond donors (Lipinski definition) is 1. The van der Waals surface area contributed by atoms with Crippen molar-refractivity contribution >= 4 is 26.8 Å². The number of aromatic nitrogens is 1. The van der Waals surface area contributed by atoms with Crippen LogP contribution in [0.5, 0.6) is 0 Å². The van der Waals surface area contributed by atoms with Gasteiger partial charge >= 0.3 is 0 Å². The first-order valence-electron chi connectivity index (χ1n) is 9.57. The number of amides is 1. The lowest BCUT2D eigenvalue weighted by Gasteiger charge is -2.16. The molecule has 1 N–H and O–H groups in total. The fourth-order valence-electron chi connectivity index (χ4n) is 3.31. The Bertz CT molecular complexity index is 1150. The normalized spacial score (nSPS) is 11.9. The number of hydrogen-bond acceptors (Lipinski definition) is 3. The van der Waals surface area contributed by atoms with Gasteiger partial charge in [0.15, 0.2) is 0 Å². The largest absolute Gasteiger partial charge is 0.352 e. The fraction of sp³-hybridized carbons (Fsp3) is 0.318. The highest BCUT2D eigenvalue weighted by molar-refractivity contribution is 7.89. The van der Waals surface area contributed by atoms with E-state index in [1.807, 2.05) is 25.3 Å². The summed E-state index contributed by atoms with van der Waals surface area (Å²) < 4.78 is 28.5. The number of carbonyl (C=O) groups excluding carboxylic acids is 1. The van der Waals surface area contributed by atoms with E-state index < -0.39 is 10.0 Å². The molecule has 0 unspecified atom stereocenters. The van der Waals surface area contributed by atoms with Gasteiger partial charge in [-0.25, -0.2) is 12.7 Å². The van der Waals surface area contributed by atoms with Crippen LogP contribution < -0.4 is 5.32 Å². The molecular weight excluding hydrogens is 386 g/mol. The highest BCUT2D eigenvalue weighted by Crippen LogP contribution is 2.23. The molecule has 6 nitrogen and oxygen atoms in total. The lowest BCUT2D eigenvalue weighted by molar-refractivity contribution is 0.0952. The van der Waals surface area contributed by atoms with Gasteiger partial charge in [-0.05, 0) is 61.0 Å². The first kappa shape index (κ1) is 21.1. The van der Waals surface area contributed by atoms with Crippen LogP contribution in [0.1, 0.15) is 27.9 Å². The molecule has 2 aromatic carbocycles. The molecule has 0 saturated heterocycles. The summed E-state index contributed by atoms with van der Waals surface area (Å²) in [6.45, 7) is 4.88. The second-order valence-electron chi connectivity index (χ2n) is 7.38. The van der Waals surface area contributed by atoms with Crippen molar-refractivity contribution in [3.63, 3.8) is 0 Å². The van der Waals surface area contributed by atoms with E-state index in [1.54, 1.807) is 13.0 Å². The Morgan fingerprint density at radius 1 is 1.10 bits per heavy atom. The average molecular weight is 414 g/mol. The van der Waals surface area contributed by atoms with Crippen LogP contribution in [0.4, 0.5) is 0 Å². The Morgan fingerprint density at radius 2 is 1.83 bits per heavy atom. The molecule has 7 heteroatoms. The van der Waals surface area contributed by atoms with Gasteiger partial charge in [-0.3, -0.25) is 4.79 Å². The Balaban J connectivity index is 1.67. The summed E-state index contributed by atoms with van der Waals surface area (Å²) in [7, 11) is -0.636. The molecule has 0 aliphatic carbocycles. The van der Waals surface area contributed by atoms with Crippen LogP contribution >= 0.6 is 0 Å². The molecular formula is C22H27N3O3S. The van der Waals surface area contributed by atoms with Crippen LogP contribution in [-0.2, 0) is 16.6 Å². The van der Waals surface area contributed by atoms with Crippen LogP contribution in [0.3, 0.4) is 0 Å². The maximum absolute atomic E-state index is 12.6. The van der Waals surface area contributed by atoms with E-state index >= 15 is 0 Å². The summed E-state index contributed by atoms with van der Waals surface area (Å²) in [6, 6.07) is 13.5. The quantitative estimate of drug-likeness (QED) is 0.604. The third-order valence-electron chi connectivity index (χ3n) is 5.18. The van der Waals surface area contributed by atoms with E-state index in [2.05, 4.69) is 28.1 Å². The molecule has 1 heterocycles. The van der Waals surface area contributed by atoms with Crippen LogP contribution in [0.15, 0.2) is 53.6 Å². The van der Waals surface area contributed by atoms with E-state index in [4.69, 9.17) is 0 Å². The van der Waals surface area contributed by atoms with Crippen LogP contribution in [-0.4, -0.2) is 43.8 Å². The summed E-state index contributed by atoms with van der Waals surface area (Å²) in [6.07, 6.45) is 2.83. The zero-order chi connectivity index (χ0) is 21.2. The van der Waals surface area contributed by atoms with Gasteiger partial charge in [-0.2, -0.15) is 0 Å². The molecule has 3 rings (SSSR count). The van der Waals surface area contributed by atoms with Crippen molar-refractivity contribution in [3.05, 3.63) is 65.4 Å². The first-order chi connectivity index (χ1) is 13.7. The zero-order valence-electron chi connectivity index (χ0n) is 17.3. The van der Waals surface area contributed by atoms with Gasteiger partial charge in [0, 0.05) is 44.5 Å². The minimum Gasteiger partial charge on any atom is -0.352 e. The number of nitrogens with one attached hydrogen (secondary N) is 1. The first-order valence-corrected chi connectivity index (χ1v) is 11.0. The molecule has 0 spiro atoms. The topological polar surface area (TPSA) is 71.4 Å². The summed E-state index contributed by atoms with van der Waals surface area (Å²) in [5, 5.41) is 4.10. The molecule has 0 fully saturated rings. The van der Waals surface area contributed by atoms with E-state index in [0.717, 1.165) is 22.8 Å². The lowest BCUT2D eigenvalue weighted by Crippen LogP contribution is -2.27. The molecule has 154 valence electrons. The number of sulfonamides is 1. The second-order valence-corrected chi connectivity index (χ2v) is 9.50. The van der Waals surface area contributed by atoms with Gasteiger partial charge in [0.05, 0.1) is 4.90 Å². The highest BCUT2D eigenvalue weighted by Gasteiger charge is 2.22. The summed E-state index contributed by atoms with van der Waals surface area (Å²) >= 11 is 0. The van der Waals surface area contributed by atoms with Gasteiger partial charge < -0.3 is 9.88 Å². The van der Waals surface area contributed by atoms with Crippen molar-refractivity contribution in [2.45, 2.75) is 31.7 Å². The number of rotatable bonds is 7. The maximum Gasteiger partial charge on any atom is 0.251 e. The van der Waals surface area contributed by atoms with Gasteiger partial charge in [-0.1, -0.05) is 18.2 Å². The van der Waals surface area contributed by atoms with Crippen molar-refractivity contribution in [3.8, 4) is 0 Å². The summed E-state index contributed by atoms with van der Waals surface area (Å²) in [5.74, 6) is -0.263. The molecule has 0 aliphatic heterocycles. The zero-order valence-corrected chi connectivity index (χ0v) is 18.1. The lowest BCUT2D eigenvalue weighted by atomic mass is 10.1. The Kier molecular flexibility index (Phi) is 6.10. The fourth-order valence-corrected chi connectivity index (χ4v) is 4.53. The average Bonchev–Trinajstić information content (AvgIpc) is 3.10. The predicted octanol–water partition coefficient (Wildman–Crippen LogP) is 3.33. The number of nitrogens with zero attached hydrogens (tertiary/aromatic N) is 2. The minimum atomic E-state index is -3.61. The highest BCUT2D eigenvalue weighted by atomic mass is 32.2. The molecule has 3 aromatic rings. The Morgan fingerprint density at radius 3 is 2.55 bits per heavy atom. The minimum absolute atomic E-state index is 0.173. The van der Waals surface area contributed by atoms with Crippen molar-refractivity contribution in [1.82, 2.24) is 14.2 Å². The van der Waals surface area contributed by atoms with Crippen molar-refractivity contribution < 1.29 is 13.2 Å². The van der Waals surface area contributed by atoms with Gasteiger partial charge in [0.1, 0.15) is 0 Å². The van der Waals surface area contributed by atoms with Crippen LogP contribution in [0, 0.1) is 13.8 Å². The molecule has 0 atom stereocenters. The van der Waals surface area contributed by atoms with Crippen molar-refractivity contribution in [1.29, 1.82) is 0 Å². The number of aryl methyl sites for hydroxylation is 2. The maximum atomic E-state index is 12.6. The standard InChI is InChI=1S/C22H27N3O3S/c1-16-14-19(15-21(17(16)2)29(27,28)24(3)4)22(26)23-11-7-12-25-13-10-18-8-5-6-9-20(18)25/h5-6,8-10,13-15H,7,11-12H2,1-4H3,(H,23,26). The molecule has 29 heavy (non-hydrogen) atoms. The SMILES string of the molecule is Cc1cc(C(=O)NCCCn2ccc3ccccc32)cc(S(=O)(=O)N(C)C)c1C. The monoisotopic (exact) mass is 413 g/mol. The van der Waals surface area contributed by atoms with Crippen LogP contribution in [0.25, 0.3) is 10.9 Å². The number of fused-ring (bicyclic) bond motifs is 1. The number of carbonyl (C=O) groups is 1. The predicted molar refractivity (Wildman–Crippen MR) is 116 cm³/mol. The Hall–Kier alpha value is -2.64. The van der Waals surface area contributed by atoms with Gasteiger partial charge in [0.2, 0.25) is 10.0 Å². The summed E-state index contributed by atoms with van der Waals surface area (Å²) in [5.41, 5.74) is 2.97. The molecule has 0 saturated carbocycles. The molecule has 1 amide bonds. The number of para-hydroxylation sites is 1. The molecule has 0 aliphatic rings.